The molecule has 0 aromatic heterocycles. The van der Waals surface area contributed by atoms with Gasteiger partial charge >= 0.3 is 0 Å². The summed E-state index contributed by atoms with van der Waals surface area (Å²) >= 11 is 3.54. The third-order valence-corrected chi connectivity index (χ3v) is 3.36. The van der Waals surface area contributed by atoms with E-state index < -0.39 is 0 Å². The zero-order valence-electron chi connectivity index (χ0n) is 9.10. The normalized spacial score (nSPS) is 12.9. The van der Waals surface area contributed by atoms with Gasteiger partial charge in [0.05, 0.1) is 0 Å². The minimum Gasteiger partial charge on any atom is -0.310 e. The summed E-state index contributed by atoms with van der Waals surface area (Å²) in [7, 11) is 0. The van der Waals surface area contributed by atoms with Crippen molar-refractivity contribution in [2.24, 2.45) is 0 Å². The van der Waals surface area contributed by atoms with Gasteiger partial charge in [-0.3, -0.25) is 0 Å². The lowest BCUT2D eigenvalue weighted by molar-refractivity contribution is 0.534. The molecule has 0 saturated carbocycles. The van der Waals surface area contributed by atoms with Crippen LogP contribution in [0.5, 0.6) is 0 Å². The Labute approximate surface area is 95.0 Å². The molecule has 1 N–H and O–H groups in total. The van der Waals surface area contributed by atoms with E-state index in [4.69, 9.17) is 0 Å². The van der Waals surface area contributed by atoms with Crippen molar-refractivity contribution in [2.75, 3.05) is 0 Å². The number of aryl methyl sites for hydroxylation is 1. The topological polar surface area (TPSA) is 12.0 Å². The zero-order valence-corrected chi connectivity index (χ0v) is 10.7. The van der Waals surface area contributed by atoms with Crippen LogP contribution in [0.1, 0.15) is 31.4 Å². The first kappa shape index (κ1) is 11.7. The SMILES string of the molecule is CCC(C)NCc1ccc(C)c(Br)c1. The molecule has 2 heteroatoms. The first-order chi connectivity index (χ1) is 6.63. The molecule has 1 aromatic carbocycles. The number of hydrogen-bond donors (Lipinski definition) is 1. The molecule has 0 amide bonds. The van der Waals surface area contributed by atoms with Crippen LogP contribution in [0, 0.1) is 6.92 Å². The molecule has 0 aliphatic carbocycles. The molecule has 78 valence electrons. The van der Waals surface area contributed by atoms with E-state index in [0.29, 0.717) is 6.04 Å². The Kier molecular flexibility index (Phi) is 4.63. The van der Waals surface area contributed by atoms with Gasteiger partial charge < -0.3 is 5.32 Å². The number of hydrogen-bond acceptors (Lipinski definition) is 1. The molecule has 0 heterocycles. The number of nitrogens with one attached hydrogen (secondary N) is 1. The highest BCUT2D eigenvalue weighted by atomic mass is 79.9. The van der Waals surface area contributed by atoms with Crippen LogP contribution in [0.25, 0.3) is 0 Å². The first-order valence-corrected chi connectivity index (χ1v) is 5.91. The predicted molar refractivity (Wildman–Crippen MR) is 65.5 cm³/mol. The van der Waals surface area contributed by atoms with Gasteiger partial charge in [0.15, 0.2) is 0 Å². The molecule has 0 fully saturated rings. The van der Waals surface area contributed by atoms with Gasteiger partial charge in [-0.25, -0.2) is 0 Å². The van der Waals surface area contributed by atoms with Crippen molar-refractivity contribution >= 4 is 15.9 Å². The lowest BCUT2D eigenvalue weighted by Crippen LogP contribution is -2.24. The molecule has 0 bridgehead atoms. The Morgan fingerprint density at radius 2 is 2.14 bits per heavy atom. The zero-order chi connectivity index (χ0) is 10.6. The Hall–Kier alpha value is -0.340. The molecule has 14 heavy (non-hydrogen) atoms. The molecular formula is C12H18BrN. The molecule has 0 radical (unpaired) electrons. The van der Waals surface area contributed by atoms with E-state index in [9.17, 15) is 0 Å². The van der Waals surface area contributed by atoms with Crippen molar-refractivity contribution in [3.63, 3.8) is 0 Å². The lowest BCUT2D eigenvalue weighted by Gasteiger charge is -2.11. The van der Waals surface area contributed by atoms with Crippen molar-refractivity contribution in [3.8, 4) is 0 Å². The monoisotopic (exact) mass is 255 g/mol. The summed E-state index contributed by atoms with van der Waals surface area (Å²) in [4.78, 5) is 0. The van der Waals surface area contributed by atoms with E-state index in [1.165, 1.54) is 22.0 Å². The molecule has 1 rings (SSSR count). The summed E-state index contributed by atoms with van der Waals surface area (Å²) in [5, 5.41) is 3.47. The summed E-state index contributed by atoms with van der Waals surface area (Å²) in [5.41, 5.74) is 2.63. The van der Waals surface area contributed by atoms with Crippen molar-refractivity contribution in [1.82, 2.24) is 5.32 Å². The standard InChI is InChI=1S/C12H18BrN/c1-4-10(3)14-8-11-6-5-9(2)12(13)7-11/h5-7,10,14H,4,8H2,1-3H3. The fourth-order valence-corrected chi connectivity index (χ4v) is 1.61. The maximum atomic E-state index is 3.54. The summed E-state index contributed by atoms with van der Waals surface area (Å²) in [6.07, 6.45) is 1.17. The van der Waals surface area contributed by atoms with E-state index in [1.807, 2.05) is 0 Å². The lowest BCUT2D eigenvalue weighted by atomic mass is 10.1. The molecule has 0 aliphatic heterocycles. The second-order valence-electron chi connectivity index (χ2n) is 3.77. The molecular weight excluding hydrogens is 238 g/mol. The van der Waals surface area contributed by atoms with Crippen molar-refractivity contribution in [2.45, 2.75) is 39.8 Å². The van der Waals surface area contributed by atoms with Crippen molar-refractivity contribution < 1.29 is 0 Å². The van der Waals surface area contributed by atoms with Gasteiger partial charge in [0.1, 0.15) is 0 Å². The molecule has 1 nitrogen and oxygen atoms in total. The Morgan fingerprint density at radius 3 is 2.71 bits per heavy atom. The largest absolute Gasteiger partial charge is 0.310 e. The van der Waals surface area contributed by atoms with Gasteiger partial charge in [-0.1, -0.05) is 35.0 Å². The maximum absolute atomic E-state index is 3.54. The molecule has 1 aromatic rings. The predicted octanol–water partition coefficient (Wildman–Crippen LogP) is 3.65. The highest BCUT2D eigenvalue weighted by Crippen LogP contribution is 2.17. The summed E-state index contributed by atoms with van der Waals surface area (Å²) in [6.45, 7) is 7.47. The van der Waals surface area contributed by atoms with Crippen LogP contribution in [0.3, 0.4) is 0 Å². The van der Waals surface area contributed by atoms with E-state index in [1.54, 1.807) is 0 Å². The van der Waals surface area contributed by atoms with Crippen LogP contribution in [0.2, 0.25) is 0 Å². The fraction of sp³-hybridized carbons (Fsp3) is 0.500. The van der Waals surface area contributed by atoms with E-state index in [0.717, 1.165) is 6.54 Å². The average Bonchev–Trinajstić information content (AvgIpc) is 2.19. The van der Waals surface area contributed by atoms with Gasteiger partial charge in [0.25, 0.3) is 0 Å². The highest BCUT2D eigenvalue weighted by Gasteiger charge is 2.00. The van der Waals surface area contributed by atoms with Gasteiger partial charge in [-0.05, 0) is 37.5 Å². The number of benzene rings is 1. The van der Waals surface area contributed by atoms with E-state index in [2.05, 4.69) is 60.2 Å². The van der Waals surface area contributed by atoms with Crippen LogP contribution in [-0.2, 0) is 6.54 Å². The van der Waals surface area contributed by atoms with Crippen LogP contribution >= 0.6 is 15.9 Å². The minimum atomic E-state index is 0.593. The third-order valence-electron chi connectivity index (χ3n) is 2.50. The van der Waals surface area contributed by atoms with Crippen LogP contribution < -0.4 is 5.32 Å². The van der Waals surface area contributed by atoms with Gasteiger partial charge in [0, 0.05) is 17.1 Å². The summed E-state index contributed by atoms with van der Waals surface area (Å²) in [6, 6.07) is 7.10. The van der Waals surface area contributed by atoms with Gasteiger partial charge in [0.2, 0.25) is 0 Å². The first-order valence-electron chi connectivity index (χ1n) is 5.12. The van der Waals surface area contributed by atoms with Crippen LogP contribution in [-0.4, -0.2) is 6.04 Å². The van der Waals surface area contributed by atoms with Crippen LogP contribution in [0.15, 0.2) is 22.7 Å². The van der Waals surface area contributed by atoms with Crippen molar-refractivity contribution in [1.29, 1.82) is 0 Å². The second-order valence-corrected chi connectivity index (χ2v) is 4.63. The Morgan fingerprint density at radius 1 is 1.43 bits per heavy atom. The second kappa shape index (κ2) is 5.52. The van der Waals surface area contributed by atoms with E-state index in [-0.39, 0.29) is 0 Å². The molecule has 1 unspecified atom stereocenters. The number of rotatable bonds is 4. The van der Waals surface area contributed by atoms with E-state index >= 15 is 0 Å². The average molecular weight is 256 g/mol. The molecule has 0 saturated heterocycles. The third kappa shape index (κ3) is 3.43. The van der Waals surface area contributed by atoms with Crippen molar-refractivity contribution in [3.05, 3.63) is 33.8 Å². The molecule has 0 spiro atoms. The summed E-state index contributed by atoms with van der Waals surface area (Å²) in [5.74, 6) is 0. The van der Waals surface area contributed by atoms with Crippen LogP contribution in [0.4, 0.5) is 0 Å². The Balaban J connectivity index is 2.55. The molecule has 0 aliphatic rings. The summed E-state index contributed by atoms with van der Waals surface area (Å²) < 4.78 is 1.20. The van der Waals surface area contributed by atoms with Gasteiger partial charge in [-0.15, -0.1) is 0 Å². The minimum absolute atomic E-state index is 0.593. The Bertz CT molecular complexity index is 296. The van der Waals surface area contributed by atoms with Gasteiger partial charge in [-0.2, -0.15) is 0 Å². The quantitative estimate of drug-likeness (QED) is 0.867. The highest BCUT2D eigenvalue weighted by molar-refractivity contribution is 9.10. The number of halogens is 1. The maximum Gasteiger partial charge on any atom is 0.0208 e. The smallest absolute Gasteiger partial charge is 0.0208 e. The molecule has 1 atom stereocenters. The fourth-order valence-electron chi connectivity index (χ4n) is 1.18.